The van der Waals surface area contributed by atoms with Crippen LogP contribution < -0.4 is 4.90 Å². The first kappa shape index (κ1) is 53.6. The van der Waals surface area contributed by atoms with E-state index in [0.717, 1.165) is 22.0 Å². The van der Waals surface area contributed by atoms with E-state index in [-0.39, 0.29) is 29.4 Å². The molecule has 4 aromatic rings. The van der Waals surface area contributed by atoms with E-state index in [1.54, 1.807) is 67.7 Å². The summed E-state index contributed by atoms with van der Waals surface area (Å²) >= 11 is 0. The minimum absolute atomic E-state index is 0.191. The predicted molar refractivity (Wildman–Crippen MR) is 266 cm³/mol. The smallest absolute Gasteiger partial charge is 0.258 e. The van der Waals surface area contributed by atoms with Crippen molar-refractivity contribution < 1.29 is 28.8 Å². The van der Waals surface area contributed by atoms with Crippen LogP contribution in [0.5, 0.6) is 0 Å². The monoisotopic (exact) mass is 940 g/mol. The van der Waals surface area contributed by atoms with Gasteiger partial charge in [-0.15, -0.1) is 0 Å². The second-order valence-electron chi connectivity index (χ2n) is 16.2. The van der Waals surface area contributed by atoms with E-state index in [9.17, 15) is 28.8 Å². The number of anilines is 1. The highest BCUT2D eigenvalue weighted by atomic mass is 33.1. The lowest BCUT2D eigenvalue weighted by Gasteiger charge is -2.15. The van der Waals surface area contributed by atoms with Crippen LogP contribution in [0.3, 0.4) is 0 Å². The predicted octanol–water partition coefficient (Wildman–Crippen LogP) is 11.4. The fourth-order valence-electron chi connectivity index (χ4n) is 5.56. The van der Waals surface area contributed by atoms with Crippen molar-refractivity contribution in [3.63, 3.8) is 0 Å². The van der Waals surface area contributed by atoms with E-state index < -0.39 is 0 Å². The number of carbonyl (C=O) groups excluding carboxylic acids is 6. The van der Waals surface area contributed by atoms with E-state index in [1.807, 2.05) is 62.4 Å². The van der Waals surface area contributed by atoms with Gasteiger partial charge in [0.05, 0.1) is 17.2 Å². The molecule has 0 atom stereocenters. The average molecular weight is 941 g/mol. The number of aromatic nitrogens is 2. The molecule has 340 valence electrons. The van der Waals surface area contributed by atoms with Gasteiger partial charge in [0.25, 0.3) is 23.6 Å². The summed E-state index contributed by atoms with van der Waals surface area (Å²) in [5.41, 5.74) is 4.22. The minimum atomic E-state index is -0.276. The van der Waals surface area contributed by atoms with E-state index in [0.29, 0.717) is 66.0 Å². The number of benzene rings is 2. The third-order valence-corrected chi connectivity index (χ3v) is 13.5. The van der Waals surface area contributed by atoms with E-state index >= 15 is 0 Å². The number of imide groups is 2. The van der Waals surface area contributed by atoms with Crippen LogP contribution in [0.15, 0.2) is 132 Å². The molecule has 0 saturated heterocycles. The highest BCUT2D eigenvalue weighted by Gasteiger charge is 2.25. The summed E-state index contributed by atoms with van der Waals surface area (Å²) in [6, 6.07) is 27.4. The molecule has 0 N–H and O–H groups in total. The van der Waals surface area contributed by atoms with Crippen LogP contribution in [0.4, 0.5) is 5.69 Å². The largest absolute Gasteiger partial charge is 0.299 e. The van der Waals surface area contributed by atoms with Crippen LogP contribution in [0.2, 0.25) is 0 Å². The fourth-order valence-corrected chi connectivity index (χ4v) is 9.37. The lowest BCUT2D eigenvalue weighted by Crippen LogP contribution is -2.33. The molecule has 0 spiro atoms. The molecule has 2 aliphatic heterocycles. The Morgan fingerprint density at radius 3 is 1.42 bits per heavy atom. The number of amides is 4. The number of nitrogens with zero attached hydrogens (tertiary/aromatic N) is 4. The van der Waals surface area contributed by atoms with Crippen molar-refractivity contribution in [2.24, 2.45) is 11.8 Å². The Balaban J connectivity index is 0.000000232. The highest BCUT2D eigenvalue weighted by molar-refractivity contribution is 8.77. The topological polar surface area (TPSA) is 135 Å². The van der Waals surface area contributed by atoms with Crippen molar-refractivity contribution in [1.82, 2.24) is 14.9 Å². The van der Waals surface area contributed by atoms with Crippen molar-refractivity contribution >= 4 is 84.1 Å². The number of pyridine rings is 2. The third kappa shape index (κ3) is 20.4. The molecule has 6 rings (SSSR count). The van der Waals surface area contributed by atoms with Crippen LogP contribution >= 0.6 is 43.2 Å². The number of hydrogen-bond donors (Lipinski definition) is 0. The highest BCUT2D eigenvalue weighted by Crippen LogP contribution is 2.30. The molecule has 4 heterocycles. The first-order chi connectivity index (χ1) is 30.5. The minimum Gasteiger partial charge on any atom is -0.299 e. The maximum atomic E-state index is 12.0. The van der Waals surface area contributed by atoms with Crippen LogP contribution in [0, 0.1) is 11.8 Å². The molecular formula is C50H60N4O6S4. The van der Waals surface area contributed by atoms with Gasteiger partial charge in [-0.3, -0.25) is 33.7 Å². The van der Waals surface area contributed by atoms with Gasteiger partial charge in [-0.25, -0.2) is 14.9 Å². The second kappa shape index (κ2) is 28.9. The molecule has 0 bridgehead atoms. The van der Waals surface area contributed by atoms with Gasteiger partial charge in [-0.2, -0.15) is 0 Å². The van der Waals surface area contributed by atoms with E-state index in [2.05, 4.69) is 75.8 Å². The van der Waals surface area contributed by atoms with Gasteiger partial charge >= 0.3 is 0 Å². The quantitative estimate of drug-likeness (QED) is 0.0694. The van der Waals surface area contributed by atoms with Crippen molar-refractivity contribution in [1.29, 1.82) is 0 Å². The Morgan fingerprint density at radius 1 is 0.547 bits per heavy atom. The number of carbonyl (C=O) groups is 6. The Morgan fingerprint density at radius 2 is 1.00 bits per heavy atom. The number of ketones is 2. The molecule has 2 aromatic carbocycles. The van der Waals surface area contributed by atoms with Crippen LogP contribution in [0.1, 0.15) is 96.8 Å². The molecule has 10 nitrogen and oxygen atoms in total. The summed E-state index contributed by atoms with van der Waals surface area (Å²) in [5.74, 6) is 2.65. The van der Waals surface area contributed by atoms with Gasteiger partial charge in [0, 0.05) is 56.1 Å². The fraction of sp³-hybridized carbons (Fsp3) is 0.360. The molecule has 2 aromatic heterocycles. The van der Waals surface area contributed by atoms with Gasteiger partial charge in [0.15, 0.2) is 0 Å². The Hall–Kier alpha value is -4.76. The Kier molecular flexibility index (Phi) is 24.2. The van der Waals surface area contributed by atoms with Crippen molar-refractivity contribution in [2.75, 3.05) is 23.0 Å². The average Bonchev–Trinajstić information content (AvgIpc) is 3.78. The van der Waals surface area contributed by atoms with Gasteiger partial charge in [-0.1, -0.05) is 126 Å². The zero-order valence-electron chi connectivity index (χ0n) is 38.0. The maximum Gasteiger partial charge on any atom is 0.258 e. The van der Waals surface area contributed by atoms with E-state index in [1.165, 1.54) is 45.2 Å². The number of hydrogen-bond acceptors (Lipinski definition) is 12. The van der Waals surface area contributed by atoms with Gasteiger partial charge < -0.3 is 0 Å². The standard InChI is InChI=1S/C17H19NOS2.C13H13NO2.C12H17NOS2.C8H11NO2/c1-13(2)15-8-6-14(7-9-15)11-16(19)12-20-21-17-5-3-4-10-18-17;1-9(2)10-3-5-11(6-4-10)14-12(15)7-8-13(14)16;1-10(2)6-7-11(14)9-15-16-12-5-3-4-8-13-12;1-6(2)5-9-7(10)3-4-8(9)11/h3-10,13H,11-12H2,1-2H3;3-9H,1-2H3;3-5,8,10H,6-7,9H2,1-2H3;3-4,6H,5H2,1-2H3. The third-order valence-electron chi connectivity index (χ3n) is 9.13. The lowest BCUT2D eigenvalue weighted by atomic mass is 10.0. The SMILES string of the molecule is CC(C)CCC(=O)CSSc1ccccn1.CC(C)CN1C(=O)C=CC1=O.CC(C)c1ccc(CC(=O)CSSc2ccccn2)cc1.CC(C)c1ccc(N2C(=O)C=CC2=O)cc1. The van der Waals surface area contributed by atoms with Gasteiger partial charge in [0.2, 0.25) is 0 Å². The zero-order valence-corrected chi connectivity index (χ0v) is 41.2. The molecule has 0 radical (unpaired) electrons. The molecule has 4 amide bonds. The molecule has 0 saturated carbocycles. The molecule has 0 unspecified atom stereocenters. The summed E-state index contributed by atoms with van der Waals surface area (Å²) in [5, 5.41) is 1.90. The summed E-state index contributed by atoms with van der Waals surface area (Å²) in [6.45, 7) is 17.3. The van der Waals surface area contributed by atoms with Gasteiger partial charge in [0.1, 0.15) is 21.6 Å². The lowest BCUT2D eigenvalue weighted by molar-refractivity contribution is -0.137. The molecule has 0 aliphatic carbocycles. The summed E-state index contributed by atoms with van der Waals surface area (Å²) < 4.78 is 0. The second-order valence-corrected chi connectivity index (χ2v) is 20.8. The summed E-state index contributed by atoms with van der Waals surface area (Å²) in [6.07, 6.45) is 10.9. The molecule has 2 aliphatic rings. The first-order valence-electron chi connectivity index (χ1n) is 21.3. The molecular weight excluding hydrogens is 881 g/mol. The number of Topliss-reactive ketones (excluding diaryl/α,β-unsaturated/α-hetero) is 2. The van der Waals surface area contributed by atoms with Crippen LogP contribution in [0.25, 0.3) is 0 Å². The molecule has 0 fully saturated rings. The van der Waals surface area contributed by atoms with Crippen LogP contribution in [-0.4, -0.2) is 68.1 Å². The van der Waals surface area contributed by atoms with Crippen molar-refractivity contribution in [3.05, 3.63) is 138 Å². The first-order valence-corrected chi connectivity index (χ1v) is 25.9. The van der Waals surface area contributed by atoms with Gasteiger partial charge in [-0.05, 0) is 105 Å². The summed E-state index contributed by atoms with van der Waals surface area (Å²) in [4.78, 5) is 79.0. The Bertz CT molecular complexity index is 2130. The van der Waals surface area contributed by atoms with Crippen molar-refractivity contribution in [2.45, 2.75) is 96.5 Å². The van der Waals surface area contributed by atoms with Crippen LogP contribution in [-0.2, 0) is 35.2 Å². The normalized spacial score (nSPS) is 13.0. The van der Waals surface area contributed by atoms with E-state index in [4.69, 9.17) is 0 Å². The molecule has 64 heavy (non-hydrogen) atoms. The maximum absolute atomic E-state index is 12.0. The summed E-state index contributed by atoms with van der Waals surface area (Å²) in [7, 11) is 6.24. The number of rotatable bonds is 18. The molecule has 14 heteroatoms. The Labute approximate surface area is 395 Å². The van der Waals surface area contributed by atoms with Crippen molar-refractivity contribution in [3.8, 4) is 0 Å². The zero-order chi connectivity index (χ0) is 47.0.